The molecule has 1 heterocycles. The van der Waals surface area contributed by atoms with Crippen LogP contribution in [0.25, 0.3) is 11.0 Å². The molecule has 0 bridgehead atoms. The molecule has 16 heavy (non-hydrogen) atoms. The molecule has 0 amide bonds. The molecule has 0 radical (unpaired) electrons. The van der Waals surface area contributed by atoms with Gasteiger partial charge in [-0.15, -0.1) is 0 Å². The van der Waals surface area contributed by atoms with Gasteiger partial charge >= 0.3 is 5.69 Å². The van der Waals surface area contributed by atoms with Crippen LogP contribution in [0.3, 0.4) is 0 Å². The van der Waals surface area contributed by atoms with Crippen LogP contribution in [0.4, 0.5) is 0 Å². The van der Waals surface area contributed by atoms with E-state index in [-0.39, 0.29) is 11.1 Å². The smallest absolute Gasteiger partial charge is 0.305 e. The van der Waals surface area contributed by atoms with E-state index >= 15 is 0 Å². The minimum Gasteiger partial charge on any atom is -0.305 e. The Kier molecular flexibility index (Phi) is 2.70. The molecule has 3 nitrogen and oxygen atoms in total. The molecule has 0 atom stereocenters. The molecular weight excluding hydrogens is 268 g/mol. The molecule has 0 aliphatic heterocycles. The Morgan fingerprint density at radius 2 is 2.06 bits per heavy atom. The highest BCUT2D eigenvalue weighted by Gasteiger charge is 2.15. The van der Waals surface area contributed by atoms with Crippen LogP contribution in [0.15, 0.2) is 27.5 Å². The molecule has 86 valence electrons. The van der Waals surface area contributed by atoms with Crippen LogP contribution in [-0.4, -0.2) is 9.55 Å². The van der Waals surface area contributed by atoms with Gasteiger partial charge in [-0.3, -0.25) is 4.57 Å². The number of benzene rings is 1. The lowest BCUT2D eigenvalue weighted by Gasteiger charge is -2.18. The fraction of sp³-hybridized carbons (Fsp3) is 0.417. The lowest BCUT2D eigenvalue weighted by Crippen LogP contribution is -2.24. The summed E-state index contributed by atoms with van der Waals surface area (Å²) in [5.41, 5.74) is 1.89. The quantitative estimate of drug-likeness (QED) is 0.857. The van der Waals surface area contributed by atoms with Gasteiger partial charge in [0, 0.05) is 11.0 Å². The number of rotatable bonds is 1. The molecule has 1 aromatic carbocycles. The van der Waals surface area contributed by atoms with Crippen molar-refractivity contribution in [3.05, 3.63) is 33.2 Å². The minimum atomic E-state index is -0.0389. The molecule has 0 fully saturated rings. The van der Waals surface area contributed by atoms with Gasteiger partial charge in [-0.25, -0.2) is 4.79 Å². The molecular formula is C12H15BrN2O. The van der Waals surface area contributed by atoms with Crippen molar-refractivity contribution in [2.75, 3.05) is 0 Å². The molecule has 4 heteroatoms. The van der Waals surface area contributed by atoms with Crippen LogP contribution in [0, 0.1) is 5.41 Å². The van der Waals surface area contributed by atoms with E-state index in [0.29, 0.717) is 6.54 Å². The first kappa shape index (κ1) is 11.5. The summed E-state index contributed by atoms with van der Waals surface area (Å²) in [6.07, 6.45) is 0. The van der Waals surface area contributed by atoms with Crippen molar-refractivity contribution in [1.82, 2.24) is 9.55 Å². The van der Waals surface area contributed by atoms with Gasteiger partial charge < -0.3 is 4.98 Å². The van der Waals surface area contributed by atoms with Crippen LogP contribution in [0.5, 0.6) is 0 Å². The van der Waals surface area contributed by atoms with Gasteiger partial charge in [0.1, 0.15) is 0 Å². The summed E-state index contributed by atoms with van der Waals surface area (Å²) in [6, 6.07) is 5.84. The number of imidazole rings is 1. The molecule has 2 rings (SSSR count). The zero-order valence-electron chi connectivity index (χ0n) is 9.67. The third kappa shape index (κ3) is 2.21. The Hall–Kier alpha value is -1.03. The number of aromatic nitrogens is 2. The van der Waals surface area contributed by atoms with Gasteiger partial charge in [0.15, 0.2) is 0 Å². The summed E-state index contributed by atoms with van der Waals surface area (Å²) in [7, 11) is 0. The van der Waals surface area contributed by atoms with Crippen molar-refractivity contribution >= 4 is 27.0 Å². The van der Waals surface area contributed by atoms with E-state index in [1.54, 1.807) is 4.57 Å². The van der Waals surface area contributed by atoms with E-state index in [0.717, 1.165) is 15.5 Å². The first-order valence-corrected chi connectivity index (χ1v) is 6.04. The molecule has 1 N–H and O–H groups in total. The molecule has 0 aliphatic carbocycles. The lowest BCUT2D eigenvalue weighted by molar-refractivity contribution is 0.344. The predicted octanol–water partition coefficient (Wildman–Crippen LogP) is 3.14. The SMILES string of the molecule is CC(C)(C)Cn1c(=O)[nH]c2cc(Br)ccc21. The van der Waals surface area contributed by atoms with E-state index in [4.69, 9.17) is 0 Å². The summed E-state index contributed by atoms with van der Waals surface area (Å²) in [5, 5.41) is 0. The van der Waals surface area contributed by atoms with Gasteiger partial charge in [0.2, 0.25) is 0 Å². The Morgan fingerprint density at radius 3 is 2.69 bits per heavy atom. The first-order valence-electron chi connectivity index (χ1n) is 5.25. The Bertz CT molecular complexity index is 575. The number of nitrogens with one attached hydrogen (secondary N) is 1. The van der Waals surface area contributed by atoms with Gasteiger partial charge in [0.05, 0.1) is 11.0 Å². The van der Waals surface area contributed by atoms with Crippen LogP contribution < -0.4 is 5.69 Å². The van der Waals surface area contributed by atoms with Crippen molar-refractivity contribution in [2.45, 2.75) is 27.3 Å². The third-order valence-corrected chi connectivity index (χ3v) is 2.86. The predicted molar refractivity (Wildman–Crippen MR) is 69.7 cm³/mol. The molecule has 2 aromatic rings. The first-order chi connectivity index (χ1) is 7.37. The van der Waals surface area contributed by atoms with Crippen molar-refractivity contribution in [2.24, 2.45) is 5.41 Å². The normalized spacial score (nSPS) is 12.2. The molecule has 0 spiro atoms. The molecule has 0 saturated heterocycles. The third-order valence-electron chi connectivity index (χ3n) is 2.37. The second kappa shape index (κ2) is 3.77. The van der Waals surface area contributed by atoms with E-state index in [2.05, 4.69) is 41.7 Å². The Morgan fingerprint density at radius 1 is 1.38 bits per heavy atom. The molecule has 0 saturated carbocycles. The second-order valence-electron chi connectivity index (χ2n) is 5.24. The van der Waals surface area contributed by atoms with Crippen molar-refractivity contribution in [1.29, 1.82) is 0 Å². The second-order valence-corrected chi connectivity index (χ2v) is 6.15. The maximum absolute atomic E-state index is 11.8. The summed E-state index contributed by atoms with van der Waals surface area (Å²) < 4.78 is 2.77. The van der Waals surface area contributed by atoms with Gasteiger partial charge in [-0.05, 0) is 23.6 Å². The van der Waals surface area contributed by atoms with Crippen LogP contribution in [-0.2, 0) is 6.54 Å². The lowest BCUT2D eigenvalue weighted by atomic mass is 9.97. The summed E-state index contributed by atoms with van der Waals surface area (Å²) >= 11 is 3.40. The number of H-pyrrole nitrogens is 1. The van der Waals surface area contributed by atoms with E-state index in [9.17, 15) is 4.79 Å². The molecule has 0 unspecified atom stereocenters. The summed E-state index contributed by atoms with van der Waals surface area (Å²) in [4.78, 5) is 14.7. The topological polar surface area (TPSA) is 37.8 Å². The average molecular weight is 283 g/mol. The number of hydrogen-bond acceptors (Lipinski definition) is 1. The van der Waals surface area contributed by atoms with Crippen molar-refractivity contribution in [3.8, 4) is 0 Å². The van der Waals surface area contributed by atoms with Crippen LogP contribution in [0.2, 0.25) is 0 Å². The standard InChI is InChI=1S/C12H15BrN2O/c1-12(2,3)7-15-10-5-4-8(13)6-9(10)14-11(15)16/h4-6H,7H2,1-3H3,(H,14,16). The van der Waals surface area contributed by atoms with E-state index in [1.165, 1.54) is 0 Å². The van der Waals surface area contributed by atoms with Gasteiger partial charge in [0.25, 0.3) is 0 Å². The highest BCUT2D eigenvalue weighted by atomic mass is 79.9. The highest BCUT2D eigenvalue weighted by molar-refractivity contribution is 9.10. The summed E-state index contributed by atoms with van der Waals surface area (Å²) in [6.45, 7) is 7.08. The van der Waals surface area contributed by atoms with E-state index < -0.39 is 0 Å². The number of aromatic amines is 1. The van der Waals surface area contributed by atoms with Crippen molar-refractivity contribution < 1.29 is 0 Å². The maximum Gasteiger partial charge on any atom is 0.326 e. The fourth-order valence-electron chi connectivity index (χ4n) is 1.77. The number of halogens is 1. The fourth-order valence-corrected chi connectivity index (χ4v) is 2.13. The minimum absolute atomic E-state index is 0.0389. The van der Waals surface area contributed by atoms with Crippen molar-refractivity contribution in [3.63, 3.8) is 0 Å². The maximum atomic E-state index is 11.8. The zero-order chi connectivity index (χ0) is 11.9. The number of nitrogens with zero attached hydrogens (tertiary/aromatic N) is 1. The monoisotopic (exact) mass is 282 g/mol. The average Bonchev–Trinajstić information content (AvgIpc) is 2.40. The Labute approximate surface area is 103 Å². The Balaban J connectivity index is 2.61. The largest absolute Gasteiger partial charge is 0.326 e. The molecule has 0 aliphatic rings. The number of fused-ring (bicyclic) bond motifs is 1. The van der Waals surface area contributed by atoms with E-state index in [1.807, 2.05) is 18.2 Å². The summed E-state index contributed by atoms with van der Waals surface area (Å²) in [5.74, 6) is 0. The van der Waals surface area contributed by atoms with Gasteiger partial charge in [-0.2, -0.15) is 0 Å². The van der Waals surface area contributed by atoms with Crippen LogP contribution in [0.1, 0.15) is 20.8 Å². The molecule has 1 aromatic heterocycles. The highest BCUT2D eigenvalue weighted by Crippen LogP contribution is 2.21. The van der Waals surface area contributed by atoms with Crippen LogP contribution >= 0.6 is 15.9 Å². The van der Waals surface area contributed by atoms with Gasteiger partial charge in [-0.1, -0.05) is 36.7 Å². The zero-order valence-corrected chi connectivity index (χ0v) is 11.3. The number of hydrogen-bond donors (Lipinski definition) is 1.